The standard InChI is InChI=1S/C13H6F7N/c14-8-3-4-21-11(6-8)9-2-1-7(12(15,16)17)5-10(9)13(18,19)20/h1-6H. The third-order valence-corrected chi connectivity index (χ3v) is 2.65. The van der Waals surface area contributed by atoms with Crippen LogP contribution in [-0.2, 0) is 12.4 Å². The maximum absolute atomic E-state index is 13.0. The van der Waals surface area contributed by atoms with Crippen molar-refractivity contribution < 1.29 is 30.7 Å². The van der Waals surface area contributed by atoms with Gasteiger partial charge in [0.2, 0.25) is 0 Å². The Morgan fingerprint density at radius 2 is 1.48 bits per heavy atom. The molecule has 2 rings (SSSR count). The van der Waals surface area contributed by atoms with Gasteiger partial charge in [-0.05, 0) is 18.2 Å². The van der Waals surface area contributed by atoms with Gasteiger partial charge in [-0.3, -0.25) is 4.98 Å². The molecule has 0 saturated heterocycles. The van der Waals surface area contributed by atoms with Crippen LogP contribution in [-0.4, -0.2) is 4.98 Å². The molecule has 0 aliphatic heterocycles. The Morgan fingerprint density at radius 3 is 2.00 bits per heavy atom. The Labute approximate surface area is 114 Å². The summed E-state index contributed by atoms with van der Waals surface area (Å²) < 4.78 is 89.3. The van der Waals surface area contributed by atoms with Gasteiger partial charge in [0.05, 0.1) is 16.8 Å². The first-order valence-electron chi connectivity index (χ1n) is 5.49. The van der Waals surface area contributed by atoms with Crippen LogP contribution in [0.25, 0.3) is 11.3 Å². The van der Waals surface area contributed by atoms with Crippen LogP contribution >= 0.6 is 0 Å². The summed E-state index contributed by atoms with van der Waals surface area (Å²) in [4.78, 5) is 3.55. The van der Waals surface area contributed by atoms with Crippen molar-refractivity contribution in [1.29, 1.82) is 0 Å². The molecule has 0 aliphatic carbocycles. The molecule has 1 aromatic heterocycles. The van der Waals surface area contributed by atoms with Crippen LogP contribution in [0.15, 0.2) is 36.5 Å². The van der Waals surface area contributed by atoms with E-state index in [9.17, 15) is 30.7 Å². The number of halogens is 7. The number of pyridine rings is 1. The molecule has 0 saturated carbocycles. The lowest BCUT2D eigenvalue weighted by molar-refractivity contribution is -0.142. The fraction of sp³-hybridized carbons (Fsp3) is 0.154. The van der Waals surface area contributed by atoms with E-state index >= 15 is 0 Å². The van der Waals surface area contributed by atoms with E-state index in [0.29, 0.717) is 12.1 Å². The molecule has 8 heteroatoms. The van der Waals surface area contributed by atoms with E-state index in [-0.39, 0.29) is 6.07 Å². The molecule has 0 atom stereocenters. The highest BCUT2D eigenvalue weighted by molar-refractivity contribution is 5.65. The van der Waals surface area contributed by atoms with Crippen molar-refractivity contribution in [3.05, 3.63) is 53.5 Å². The van der Waals surface area contributed by atoms with E-state index in [1.165, 1.54) is 0 Å². The summed E-state index contributed by atoms with van der Waals surface area (Å²) in [5.41, 5.74) is -3.96. The smallest absolute Gasteiger partial charge is 0.256 e. The summed E-state index contributed by atoms with van der Waals surface area (Å²) >= 11 is 0. The average Bonchev–Trinajstić information content (AvgIpc) is 2.36. The summed E-state index contributed by atoms with van der Waals surface area (Å²) in [5, 5.41) is 0. The minimum Gasteiger partial charge on any atom is -0.256 e. The maximum Gasteiger partial charge on any atom is 0.417 e. The number of hydrogen-bond acceptors (Lipinski definition) is 1. The molecule has 0 N–H and O–H groups in total. The van der Waals surface area contributed by atoms with Crippen LogP contribution in [0.2, 0.25) is 0 Å². The lowest BCUT2D eigenvalue weighted by atomic mass is 10.00. The topological polar surface area (TPSA) is 12.9 Å². The monoisotopic (exact) mass is 309 g/mol. The first-order valence-corrected chi connectivity index (χ1v) is 5.49. The molecule has 0 radical (unpaired) electrons. The van der Waals surface area contributed by atoms with Crippen molar-refractivity contribution in [2.24, 2.45) is 0 Å². The molecule has 1 aromatic carbocycles. The van der Waals surface area contributed by atoms with E-state index in [0.717, 1.165) is 18.3 Å². The lowest BCUT2D eigenvalue weighted by Gasteiger charge is -2.15. The van der Waals surface area contributed by atoms with Crippen molar-refractivity contribution in [3.63, 3.8) is 0 Å². The van der Waals surface area contributed by atoms with Gasteiger partial charge in [0, 0.05) is 17.8 Å². The fourth-order valence-corrected chi connectivity index (χ4v) is 1.73. The van der Waals surface area contributed by atoms with Crippen molar-refractivity contribution in [3.8, 4) is 11.3 Å². The molecule has 0 aliphatic rings. The van der Waals surface area contributed by atoms with E-state index < -0.39 is 40.6 Å². The van der Waals surface area contributed by atoms with Gasteiger partial charge in [-0.2, -0.15) is 26.3 Å². The summed E-state index contributed by atoms with van der Waals surface area (Å²) in [7, 11) is 0. The Bertz CT molecular complexity index is 658. The molecule has 1 heterocycles. The van der Waals surface area contributed by atoms with Crippen LogP contribution in [0.5, 0.6) is 0 Å². The van der Waals surface area contributed by atoms with Gasteiger partial charge < -0.3 is 0 Å². The highest BCUT2D eigenvalue weighted by atomic mass is 19.4. The molecule has 2 aromatic rings. The third kappa shape index (κ3) is 3.32. The van der Waals surface area contributed by atoms with Gasteiger partial charge in [0.1, 0.15) is 5.82 Å². The summed E-state index contributed by atoms with van der Waals surface area (Å²) in [6, 6.07) is 2.76. The van der Waals surface area contributed by atoms with E-state index in [4.69, 9.17) is 0 Å². The fourth-order valence-electron chi connectivity index (χ4n) is 1.73. The Kier molecular flexibility index (Phi) is 3.65. The summed E-state index contributed by atoms with van der Waals surface area (Å²) in [6.07, 6.45) is -9.00. The largest absolute Gasteiger partial charge is 0.417 e. The number of nitrogens with zero attached hydrogens (tertiary/aromatic N) is 1. The van der Waals surface area contributed by atoms with Crippen LogP contribution in [0.3, 0.4) is 0 Å². The van der Waals surface area contributed by atoms with Crippen LogP contribution < -0.4 is 0 Å². The number of rotatable bonds is 1. The van der Waals surface area contributed by atoms with Crippen molar-refractivity contribution in [2.75, 3.05) is 0 Å². The van der Waals surface area contributed by atoms with Crippen molar-refractivity contribution in [1.82, 2.24) is 4.98 Å². The molecular formula is C13H6F7N. The number of hydrogen-bond donors (Lipinski definition) is 0. The molecule has 0 spiro atoms. The zero-order chi connectivity index (χ0) is 15.8. The van der Waals surface area contributed by atoms with Crippen molar-refractivity contribution in [2.45, 2.75) is 12.4 Å². The van der Waals surface area contributed by atoms with Crippen LogP contribution in [0.1, 0.15) is 11.1 Å². The second-order valence-corrected chi connectivity index (χ2v) is 4.12. The molecule has 1 nitrogen and oxygen atoms in total. The van der Waals surface area contributed by atoms with Gasteiger partial charge in [0.25, 0.3) is 0 Å². The zero-order valence-electron chi connectivity index (χ0n) is 10.1. The van der Waals surface area contributed by atoms with E-state index in [2.05, 4.69) is 4.98 Å². The maximum atomic E-state index is 13.0. The van der Waals surface area contributed by atoms with Gasteiger partial charge in [-0.1, -0.05) is 6.07 Å². The SMILES string of the molecule is Fc1ccnc(-c2ccc(C(F)(F)F)cc2C(F)(F)F)c1. The Balaban J connectivity index is 2.67. The quantitative estimate of drug-likeness (QED) is 0.681. The highest BCUT2D eigenvalue weighted by Crippen LogP contribution is 2.40. The lowest BCUT2D eigenvalue weighted by Crippen LogP contribution is -2.12. The first-order chi connectivity index (χ1) is 9.59. The van der Waals surface area contributed by atoms with Gasteiger partial charge >= 0.3 is 12.4 Å². The number of alkyl halides is 6. The molecule has 0 bridgehead atoms. The first kappa shape index (κ1) is 15.3. The number of benzene rings is 1. The predicted molar refractivity (Wildman–Crippen MR) is 59.6 cm³/mol. The summed E-state index contributed by atoms with van der Waals surface area (Å²) in [5.74, 6) is -0.840. The van der Waals surface area contributed by atoms with E-state index in [1.807, 2.05) is 0 Å². The normalized spacial score (nSPS) is 12.5. The minimum absolute atomic E-state index is 0.0120. The van der Waals surface area contributed by atoms with Crippen LogP contribution in [0, 0.1) is 5.82 Å². The second kappa shape index (κ2) is 5.01. The molecule has 0 amide bonds. The predicted octanol–water partition coefficient (Wildman–Crippen LogP) is 4.93. The van der Waals surface area contributed by atoms with Crippen molar-refractivity contribution >= 4 is 0 Å². The van der Waals surface area contributed by atoms with Gasteiger partial charge in [0.15, 0.2) is 0 Å². The van der Waals surface area contributed by atoms with Gasteiger partial charge in [-0.15, -0.1) is 0 Å². The molecule has 21 heavy (non-hydrogen) atoms. The average molecular weight is 309 g/mol. The molecular weight excluding hydrogens is 303 g/mol. The molecule has 0 unspecified atom stereocenters. The zero-order valence-corrected chi connectivity index (χ0v) is 10.1. The van der Waals surface area contributed by atoms with Gasteiger partial charge in [-0.25, -0.2) is 4.39 Å². The molecule has 112 valence electrons. The highest BCUT2D eigenvalue weighted by Gasteiger charge is 2.38. The van der Waals surface area contributed by atoms with Crippen LogP contribution in [0.4, 0.5) is 30.7 Å². The minimum atomic E-state index is -5.02. The summed E-state index contributed by atoms with van der Waals surface area (Å²) in [6.45, 7) is 0. The second-order valence-electron chi connectivity index (χ2n) is 4.12. The molecule has 0 fully saturated rings. The Morgan fingerprint density at radius 1 is 0.810 bits per heavy atom. The third-order valence-electron chi connectivity index (χ3n) is 2.65. The van der Waals surface area contributed by atoms with E-state index in [1.54, 1.807) is 0 Å². The number of aromatic nitrogens is 1. The Hall–Kier alpha value is -2.12.